The highest BCUT2D eigenvalue weighted by Crippen LogP contribution is 2.16. The summed E-state index contributed by atoms with van der Waals surface area (Å²) >= 11 is 0. The van der Waals surface area contributed by atoms with Gasteiger partial charge in [0.2, 0.25) is 5.91 Å². The van der Waals surface area contributed by atoms with Gasteiger partial charge < -0.3 is 14.6 Å². The van der Waals surface area contributed by atoms with Gasteiger partial charge in [0.1, 0.15) is 5.76 Å². The SMILES string of the molecule is CCOC(=O)c1ccn(-c2ccc(NC(=O)Cc3c(C)noc3C)cc2)n1. The molecule has 0 fully saturated rings. The Morgan fingerprint density at radius 1 is 1.19 bits per heavy atom. The van der Waals surface area contributed by atoms with Gasteiger partial charge in [-0.15, -0.1) is 0 Å². The lowest BCUT2D eigenvalue weighted by molar-refractivity contribution is -0.115. The molecular weight excluding hydrogens is 348 g/mol. The lowest BCUT2D eigenvalue weighted by Crippen LogP contribution is -2.15. The molecule has 0 aliphatic carbocycles. The third-order valence-electron chi connectivity index (χ3n) is 4.01. The number of hydrogen-bond acceptors (Lipinski definition) is 6. The van der Waals surface area contributed by atoms with Crippen LogP contribution in [0, 0.1) is 13.8 Å². The Morgan fingerprint density at radius 2 is 1.93 bits per heavy atom. The van der Waals surface area contributed by atoms with E-state index in [4.69, 9.17) is 9.26 Å². The molecule has 0 atom stereocenters. The van der Waals surface area contributed by atoms with E-state index in [2.05, 4.69) is 15.6 Å². The number of benzene rings is 1. The van der Waals surface area contributed by atoms with Gasteiger partial charge in [0.15, 0.2) is 5.69 Å². The second-order valence-corrected chi connectivity index (χ2v) is 5.94. The van der Waals surface area contributed by atoms with Crippen LogP contribution < -0.4 is 5.32 Å². The third-order valence-corrected chi connectivity index (χ3v) is 4.01. The van der Waals surface area contributed by atoms with Crippen LogP contribution in [0.15, 0.2) is 41.1 Å². The van der Waals surface area contributed by atoms with Gasteiger partial charge in [-0.3, -0.25) is 4.79 Å². The molecule has 2 aromatic heterocycles. The van der Waals surface area contributed by atoms with Gasteiger partial charge in [0, 0.05) is 17.4 Å². The van der Waals surface area contributed by atoms with E-state index in [1.165, 1.54) is 0 Å². The molecule has 0 bridgehead atoms. The summed E-state index contributed by atoms with van der Waals surface area (Å²) in [7, 11) is 0. The predicted octanol–water partition coefficient (Wildman–Crippen LogP) is 2.84. The molecule has 3 aromatic rings. The Labute approximate surface area is 156 Å². The van der Waals surface area contributed by atoms with Crippen LogP contribution in [-0.4, -0.2) is 33.4 Å². The number of esters is 1. The summed E-state index contributed by atoms with van der Waals surface area (Å²) < 4.78 is 11.6. The van der Waals surface area contributed by atoms with Gasteiger partial charge in [-0.05, 0) is 51.1 Å². The maximum atomic E-state index is 12.2. The molecule has 0 unspecified atom stereocenters. The maximum absolute atomic E-state index is 12.2. The quantitative estimate of drug-likeness (QED) is 0.672. The summed E-state index contributed by atoms with van der Waals surface area (Å²) in [5.74, 6) is 0.0365. The minimum atomic E-state index is -0.459. The van der Waals surface area contributed by atoms with E-state index in [1.807, 2.05) is 6.92 Å². The Morgan fingerprint density at radius 3 is 2.56 bits per heavy atom. The lowest BCUT2D eigenvalue weighted by Gasteiger charge is -2.07. The molecule has 8 nitrogen and oxygen atoms in total. The molecule has 8 heteroatoms. The standard InChI is InChI=1S/C19H20N4O4/c1-4-26-19(25)17-9-10-23(21-17)15-7-5-14(6-8-15)20-18(24)11-16-12(2)22-27-13(16)3/h5-10H,4,11H2,1-3H3,(H,20,24). The largest absolute Gasteiger partial charge is 0.461 e. The summed E-state index contributed by atoms with van der Waals surface area (Å²) in [4.78, 5) is 23.9. The first kappa shape index (κ1) is 18.4. The molecular formula is C19H20N4O4. The molecule has 0 spiro atoms. The summed E-state index contributed by atoms with van der Waals surface area (Å²) in [5, 5.41) is 10.9. The molecule has 0 aliphatic heterocycles. The topological polar surface area (TPSA) is 99.2 Å². The van der Waals surface area contributed by atoms with Crippen LogP contribution in [0.5, 0.6) is 0 Å². The van der Waals surface area contributed by atoms with Crippen LogP contribution in [0.1, 0.15) is 34.4 Å². The normalized spacial score (nSPS) is 10.6. The molecule has 140 valence electrons. The van der Waals surface area contributed by atoms with E-state index in [9.17, 15) is 9.59 Å². The zero-order valence-corrected chi connectivity index (χ0v) is 15.4. The highest BCUT2D eigenvalue weighted by molar-refractivity contribution is 5.92. The fourth-order valence-electron chi connectivity index (χ4n) is 2.60. The van der Waals surface area contributed by atoms with Gasteiger partial charge in [-0.25, -0.2) is 9.48 Å². The number of anilines is 1. The van der Waals surface area contributed by atoms with Crippen LogP contribution >= 0.6 is 0 Å². The summed E-state index contributed by atoms with van der Waals surface area (Å²) in [6, 6.07) is 8.73. The number of nitrogens with zero attached hydrogens (tertiary/aromatic N) is 3. The smallest absolute Gasteiger partial charge is 0.358 e. The van der Waals surface area contributed by atoms with Gasteiger partial charge in [0.25, 0.3) is 0 Å². The molecule has 27 heavy (non-hydrogen) atoms. The zero-order chi connectivity index (χ0) is 19.4. The summed E-state index contributed by atoms with van der Waals surface area (Å²) in [6.45, 7) is 5.64. The van der Waals surface area contributed by atoms with E-state index in [0.29, 0.717) is 23.7 Å². The monoisotopic (exact) mass is 368 g/mol. The maximum Gasteiger partial charge on any atom is 0.358 e. The number of hydrogen-bond donors (Lipinski definition) is 1. The van der Waals surface area contributed by atoms with Crippen molar-refractivity contribution in [1.29, 1.82) is 0 Å². The third kappa shape index (κ3) is 4.22. The molecule has 0 saturated carbocycles. The number of aromatic nitrogens is 3. The zero-order valence-electron chi connectivity index (χ0n) is 15.4. The molecule has 0 saturated heterocycles. The Bertz CT molecular complexity index is 937. The van der Waals surface area contributed by atoms with Crippen molar-refractivity contribution in [1.82, 2.24) is 14.9 Å². The van der Waals surface area contributed by atoms with Crippen molar-refractivity contribution < 1.29 is 18.8 Å². The number of amides is 1. The second kappa shape index (κ2) is 7.86. The van der Waals surface area contributed by atoms with Crippen LogP contribution in [0.25, 0.3) is 5.69 Å². The van der Waals surface area contributed by atoms with Crippen LogP contribution in [0.3, 0.4) is 0 Å². The number of aryl methyl sites for hydroxylation is 2. The van der Waals surface area contributed by atoms with Crippen LogP contribution in [-0.2, 0) is 16.0 Å². The minimum absolute atomic E-state index is 0.152. The fourth-order valence-corrected chi connectivity index (χ4v) is 2.60. The molecule has 0 aliphatic rings. The first-order chi connectivity index (χ1) is 13.0. The van der Waals surface area contributed by atoms with Gasteiger partial charge in [-0.2, -0.15) is 5.10 Å². The van der Waals surface area contributed by atoms with E-state index in [0.717, 1.165) is 11.3 Å². The number of carbonyl (C=O) groups excluding carboxylic acids is 2. The fraction of sp³-hybridized carbons (Fsp3) is 0.263. The van der Waals surface area contributed by atoms with Crippen molar-refractivity contribution in [3.63, 3.8) is 0 Å². The van der Waals surface area contributed by atoms with Crippen LogP contribution in [0.2, 0.25) is 0 Å². The average molecular weight is 368 g/mol. The molecule has 1 N–H and O–H groups in total. The minimum Gasteiger partial charge on any atom is -0.461 e. The first-order valence-electron chi connectivity index (χ1n) is 8.52. The van der Waals surface area contributed by atoms with E-state index in [-0.39, 0.29) is 18.0 Å². The number of nitrogens with one attached hydrogen (secondary N) is 1. The lowest BCUT2D eigenvalue weighted by atomic mass is 10.1. The van der Waals surface area contributed by atoms with E-state index >= 15 is 0 Å². The van der Waals surface area contributed by atoms with Gasteiger partial charge in [0.05, 0.1) is 24.4 Å². The van der Waals surface area contributed by atoms with E-state index in [1.54, 1.807) is 55.1 Å². The predicted molar refractivity (Wildman–Crippen MR) is 97.8 cm³/mol. The van der Waals surface area contributed by atoms with Crippen molar-refractivity contribution in [2.45, 2.75) is 27.2 Å². The van der Waals surface area contributed by atoms with Crippen molar-refractivity contribution >= 4 is 17.6 Å². The number of carbonyl (C=O) groups is 2. The van der Waals surface area contributed by atoms with Crippen molar-refractivity contribution in [2.24, 2.45) is 0 Å². The summed E-state index contributed by atoms with van der Waals surface area (Å²) in [6.07, 6.45) is 1.88. The van der Waals surface area contributed by atoms with Gasteiger partial charge in [-0.1, -0.05) is 5.16 Å². The first-order valence-corrected chi connectivity index (χ1v) is 8.52. The number of rotatable bonds is 6. The Balaban J connectivity index is 1.65. The highest BCUT2D eigenvalue weighted by Gasteiger charge is 2.14. The second-order valence-electron chi connectivity index (χ2n) is 5.94. The molecule has 2 heterocycles. The molecule has 0 radical (unpaired) electrons. The average Bonchev–Trinajstić information content (AvgIpc) is 3.25. The van der Waals surface area contributed by atoms with Gasteiger partial charge >= 0.3 is 5.97 Å². The van der Waals surface area contributed by atoms with Crippen LogP contribution in [0.4, 0.5) is 5.69 Å². The van der Waals surface area contributed by atoms with Crippen molar-refractivity contribution in [3.05, 3.63) is 59.2 Å². The Hall–Kier alpha value is -3.42. The summed E-state index contributed by atoms with van der Waals surface area (Å²) in [5.41, 5.74) is 3.18. The van der Waals surface area contributed by atoms with Crippen molar-refractivity contribution in [2.75, 3.05) is 11.9 Å². The molecule has 3 rings (SSSR count). The molecule has 1 amide bonds. The number of ether oxygens (including phenoxy) is 1. The molecule has 1 aromatic carbocycles. The van der Waals surface area contributed by atoms with E-state index < -0.39 is 5.97 Å². The van der Waals surface area contributed by atoms with Crippen molar-refractivity contribution in [3.8, 4) is 5.69 Å². The highest BCUT2D eigenvalue weighted by atomic mass is 16.5. The Kier molecular flexibility index (Phi) is 5.35.